The molecule has 0 aliphatic rings. The Kier molecular flexibility index (Phi) is 6.56. The predicted octanol–water partition coefficient (Wildman–Crippen LogP) is 3.82. The third-order valence-corrected chi connectivity index (χ3v) is 5.08. The number of alkyl halides is 3. The van der Waals surface area contributed by atoms with Gasteiger partial charge in [0.2, 0.25) is 5.91 Å². The standard InChI is InChI=1S/C20H18F3N3O3S/c1-13(12-26-18(27)9-8-15(25-26)17-7-4-10-30-17)19(28)24-11-14-5-2-3-6-16(14)29-20(21,22)23/h2-10,13H,11-12H2,1H3,(H,24,28)/t13-/m1/s1. The summed E-state index contributed by atoms with van der Waals surface area (Å²) in [5.41, 5.74) is 0.458. The van der Waals surface area contributed by atoms with Gasteiger partial charge >= 0.3 is 6.36 Å². The average molecular weight is 437 g/mol. The topological polar surface area (TPSA) is 73.2 Å². The van der Waals surface area contributed by atoms with Crippen LogP contribution in [0.15, 0.2) is 58.7 Å². The van der Waals surface area contributed by atoms with E-state index in [9.17, 15) is 22.8 Å². The van der Waals surface area contributed by atoms with Crippen LogP contribution in [0.3, 0.4) is 0 Å². The summed E-state index contributed by atoms with van der Waals surface area (Å²) in [6, 6.07) is 12.3. The van der Waals surface area contributed by atoms with Gasteiger partial charge in [-0.25, -0.2) is 4.68 Å². The summed E-state index contributed by atoms with van der Waals surface area (Å²) in [5.74, 6) is -1.43. The highest BCUT2D eigenvalue weighted by Gasteiger charge is 2.32. The lowest BCUT2D eigenvalue weighted by atomic mass is 10.1. The van der Waals surface area contributed by atoms with Crippen molar-refractivity contribution in [2.45, 2.75) is 26.4 Å². The first-order valence-electron chi connectivity index (χ1n) is 8.96. The molecule has 10 heteroatoms. The molecule has 0 aliphatic carbocycles. The van der Waals surface area contributed by atoms with E-state index < -0.39 is 18.2 Å². The van der Waals surface area contributed by atoms with Gasteiger partial charge in [0.1, 0.15) is 11.4 Å². The number of ether oxygens (including phenoxy) is 1. The Labute approximate surface area is 173 Å². The van der Waals surface area contributed by atoms with Gasteiger partial charge in [-0.3, -0.25) is 9.59 Å². The number of benzene rings is 1. The Morgan fingerprint density at radius 3 is 2.67 bits per heavy atom. The van der Waals surface area contributed by atoms with Crippen LogP contribution in [-0.4, -0.2) is 22.1 Å². The van der Waals surface area contributed by atoms with Gasteiger partial charge in [-0.1, -0.05) is 31.2 Å². The minimum atomic E-state index is -4.83. The number of thiophene rings is 1. The van der Waals surface area contributed by atoms with Crippen LogP contribution in [0.2, 0.25) is 0 Å². The van der Waals surface area contributed by atoms with Crippen molar-refractivity contribution in [1.82, 2.24) is 15.1 Å². The van der Waals surface area contributed by atoms with Gasteiger partial charge in [0.15, 0.2) is 0 Å². The summed E-state index contributed by atoms with van der Waals surface area (Å²) < 4.78 is 42.7. The number of aromatic nitrogens is 2. The minimum absolute atomic E-state index is 0.0323. The van der Waals surface area contributed by atoms with E-state index in [0.29, 0.717) is 5.69 Å². The van der Waals surface area contributed by atoms with Crippen LogP contribution in [0.4, 0.5) is 13.2 Å². The number of nitrogens with one attached hydrogen (secondary N) is 1. The zero-order valence-electron chi connectivity index (χ0n) is 15.8. The Balaban J connectivity index is 1.65. The van der Waals surface area contributed by atoms with Gasteiger partial charge in [-0.05, 0) is 23.6 Å². The normalized spacial score (nSPS) is 12.4. The van der Waals surface area contributed by atoms with Gasteiger partial charge in [-0.2, -0.15) is 5.10 Å². The molecule has 0 fully saturated rings. The molecule has 3 aromatic rings. The quantitative estimate of drug-likeness (QED) is 0.610. The minimum Gasteiger partial charge on any atom is -0.405 e. The number of amides is 1. The van der Waals surface area contributed by atoms with Crippen LogP contribution < -0.4 is 15.6 Å². The van der Waals surface area contributed by atoms with Crippen LogP contribution in [-0.2, 0) is 17.9 Å². The van der Waals surface area contributed by atoms with Crippen molar-refractivity contribution < 1.29 is 22.7 Å². The molecule has 0 saturated carbocycles. The van der Waals surface area contributed by atoms with Crippen molar-refractivity contribution in [2.75, 3.05) is 0 Å². The number of hydrogen-bond acceptors (Lipinski definition) is 5. The first-order valence-corrected chi connectivity index (χ1v) is 9.84. The third-order valence-electron chi connectivity index (χ3n) is 4.19. The van der Waals surface area contributed by atoms with Crippen molar-refractivity contribution in [1.29, 1.82) is 0 Å². The Morgan fingerprint density at radius 1 is 1.20 bits per heavy atom. The molecule has 0 aliphatic heterocycles. The first-order chi connectivity index (χ1) is 14.2. The van der Waals surface area contributed by atoms with E-state index >= 15 is 0 Å². The molecular formula is C20H18F3N3O3S. The van der Waals surface area contributed by atoms with E-state index in [2.05, 4.69) is 15.2 Å². The summed E-state index contributed by atoms with van der Waals surface area (Å²) in [6.07, 6.45) is -4.83. The molecule has 6 nitrogen and oxygen atoms in total. The molecule has 0 radical (unpaired) electrons. The van der Waals surface area contributed by atoms with Crippen molar-refractivity contribution in [3.8, 4) is 16.3 Å². The van der Waals surface area contributed by atoms with Gasteiger partial charge in [0, 0.05) is 18.2 Å². The van der Waals surface area contributed by atoms with E-state index in [1.165, 1.54) is 40.3 Å². The van der Waals surface area contributed by atoms with E-state index in [1.54, 1.807) is 19.1 Å². The molecule has 158 valence electrons. The lowest BCUT2D eigenvalue weighted by Crippen LogP contribution is -2.34. The van der Waals surface area contributed by atoms with E-state index in [0.717, 1.165) is 4.88 Å². The maximum Gasteiger partial charge on any atom is 0.573 e. The lowest BCUT2D eigenvalue weighted by Gasteiger charge is -2.16. The van der Waals surface area contributed by atoms with Crippen molar-refractivity contribution in [3.63, 3.8) is 0 Å². The summed E-state index contributed by atoms with van der Waals surface area (Å²) in [4.78, 5) is 25.4. The van der Waals surface area contributed by atoms with Crippen LogP contribution in [0.1, 0.15) is 12.5 Å². The molecule has 1 atom stereocenters. The fraction of sp³-hybridized carbons (Fsp3) is 0.250. The van der Waals surface area contributed by atoms with Crippen LogP contribution in [0.25, 0.3) is 10.6 Å². The van der Waals surface area contributed by atoms with Gasteiger partial charge < -0.3 is 10.1 Å². The fourth-order valence-corrected chi connectivity index (χ4v) is 3.40. The highest BCUT2D eigenvalue weighted by Crippen LogP contribution is 2.26. The van der Waals surface area contributed by atoms with Crippen LogP contribution in [0, 0.1) is 5.92 Å². The molecule has 3 rings (SSSR count). The first kappa shape index (κ1) is 21.6. The van der Waals surface area contributed by atoms with Crippen molar-refractivity contribution in [2.24, 2.45) is 5.92 Å². The van der Waals surface area contributed by atoms with E-state index in [4.69, 9.17) is 0 Å². The highest BCUT2D eigenvalue weighted by atomic mass is 32.1. The number of carbonyl (C=O) groups excluding carboxylic acids is 1. The Hall–Kier alpha value is -3.14. The number of halogens is 3. The maximum absolute atomic E-state index is 12.5. The molecule has 0 bridgehead atoms. The highest BCUT2D eigenvalue weighted by molar-refractivity contribution is 7.13. The summed E-state index contributed by atoms with van der Waals surface area (Å²) in [6.45, 7) is 1.50. The molecule has 0 unspecified atom stereocenters. The van der Waals surface area contributed by atoms with Gasteiger partial charge in [0.05, 0.1) is 17.3 Å². The summed E-state index contributed by atoms with van der Waals surface area (Å²) in [7, 11) is 0. The second-order valence-electron chi connectivity index (χ2n) is 6.49. The maximum atomic E-state index is 12.5. The Morgan fingerprint density at radius 2 is 1.97 bits per heavy atom. The number of para-hydroxylation sites is 1. The molecule has 2 heterocycles. The summed E-state index contributed by atoms with van der Waals surface area (Å²) in [5, 5.41) is 8.77. The molecule has 1 amide bonds. The van der Waals surface area contributed by atoms with Crippen LogP contribution in [0.5, 0.6) is 5.75 Å². The molecular weight excluding hydrogens is 419 g/mol. The molecule has 1 N–H and O–H groups in total. The molecule has 0 saturated heterocycles. The van der Waals surface area contributed by atoms with E-state index in [-0.39, 0.29) is 30.0 Å². The predicted molar refractivity (Wildman–Crippen MR) is 106 cm³/mol. The molecule has 30 heavy (non-hydrogen) atoms. The Bertz CT molecular complexity index is 1060. The van der Waals surface area contributed by atoms with E-state index in [1.807, 2.05) is 17.5 Å². The molecule has 1 aromatic carbocycles. The smallest absolute Gasteiger partial charge is 0.405 e. The zero-order valence-corrected chi connectivity index (χ0v) is 16.7. The number of nitrogens with zero attached hydrogens (tertiary/aromatic N) is 2. The second kappa shape index (κ2) is 9.12. The van der Waals surface area contributed by atoms with Crippen LogP contribution >= 0.6 is 11.3 Å². The number of hydrogen-bond donors (Lipinski definition) is 1. The molecule has 0 spiro atoms. The fourth-order valence-electron chi connectivity index (χ4n) is 2.71. The average Bonchev–Trinajstić information content (AvgIpc) is 3.22. The van der Waals surface area contributed by atoms with Gasteiger partial charge in [0.25, 0.3) is 5.56 Å². The molecule has 2 aromatic heterocycles. The van der Waals surface area contributed by atoms with Crippen molar-refractivity contribution in [3.05, 3.63) is 69.8 Å². The number of carbonyl (C=O) groups is 1. The van der Waals surface area contributed by atoms with Crippen molar-refractivity contribution >= 4 is 17.2 Å². The second-order valence-corrected chi connectivity index (χ2v) is 7.44. The largest absolute Gasteiger partial charge is 0.573 e. The number of rotatable bonds is 7. The third kappa shape index (κ3) is 5.69. The lowest BCUT2D eigenvalue weighted by molar-refractivity contribution is -0.274. The SMILES string of the molecule is C[C@H](Cn1nc(-c2cccs2)ccc1=O)C(=O)NCc1ccccc1OC(F)(F)F. The van der Waals surface area contributed by atoms with Gasteiger partial charge in [-0.15, -0.1) is 24.5 Å². The summed E-state index contributed by atoms with van der Waals surface area (Å²) >= 11 is 1.48. The zero-order chi connectivity index (χ0) is 21.7. The monoisotopic (exact) mass is 437 g/mol.